The normalized spacial score (nSPS) is 12.5. The standard InChI is InChI=1S/C15H24N2O.ClH/c1-5-17(11-12-9-7-6-8-10-12)14(18)13(16)15(2,3)4;/h6-10,13H,5,11,16H2,1-4H3;1H/t13-;/m1./s1. The Kier molecular flexibility index (Phi) is 7.09. The van der Waals surface area contributed by atoms with Crippen molar-refractivity contribution < 1.29 is 4.79 Å². The fourth-order valence-electron chi connectivity index (χ4n) is 1.72. The molecule has 1 amide bonds. The summed E-state index contributed by atoms with van der Waals surface area (Å²) < 4.78 is 0. The zero-order chi connectivity index (χ0) is 13.8. The van der Waals surface area contributed by atoms with Crippen molar-refractivity contribution in [3.63, 3.8) is 0 Å². The molecule has 3 nitrogen and oxygen atoms in total. The Morgan fingerprint density at radius 1 is 1.26 bits per heavy atom. The van der Waals surface area contributed by atoms with Gasteiger partial charge in [-0.2, -0.15) is 0 Å². The average molecular weight is 285 g/mol. The van der Waals surface area contributed by atoms with Crippen LogP contribution in [0.4, 0.5) is 0 Å². The predicted molar refractivity (Wildman–Crippen MR) is 82.2 cm³/mol. The van der Waals surface area contributed by atoms with Gasteiger partial charge in [-0.05, 0) is 17.9 Å². The third-order valence-electron chi connectivity index (χ3n) is 3.11. The summed E-state index contributed by atoms with van der Waals surface area (Å²) in [4.78, 5) is 14.1. The van der Waals surface area contributed by atoms with Crippen LogP contribution in [-0.2, 0) is 11.3 Å². The van der Waals surface area contributed by atoms with Crippen molar-refractivity contribution in [3.05, 3.63) is 35.9 Å². The van der Waals surface area contributed by atoms with Crippen LogP contribution in [0.2, 0.25) is 0 Å². The summed E-state index contributed by atoms with van der Waals surface area (Å²) >= 11 is 0. The summed E-state index contributed by atoms with van der Waals surface area (Å²) in [7, 11) is 0. The molecule has 0 saturated carbocycles. The van der Waals surface area contributed by atoms with Gasteiger partial charge in [0.25, 0.3) is 0 Å². The molecule has 0 aliphatic rings. The minimum atomic E-state index is -0.457. The Morgan fingerprint density at radius 3 is 2.21 bits per heavy atom. The van der Waals surface area contributed by atoms with Crippen LogP contribution < -0.4 is 5.73 Å². The lowest BCUT2D eigenvalue weighted by molar-refractivity contribution is -0.135. The number of amides is 1. The summed E-state index contributed by atoms with van der Waals surface area (Å²) in [6.07, 6.45) is 0. The smallest absolute Gasteiger partial charge is 0.240 e. The van der Waals surface area contributed by atoms with E-state index >= 15 is 0 Å². The molecule has 1 aromatic carbocycles. The molecule has 19 heavy (non-hydrogen) atoms. The largest absolute Gasteiger partial charge is 0.337 e. The third-order valence-corrected chi connectivity index (χ3v) is 3.11. The van der Waals surface area contributed by atoms with Gasteiger partial charge in [0, 0.05) is 13.1 Å². The van der Waals surface area contributed by atoms with Gasteiger partial charge in [0.2, 0.25) is 5.91 Å². The van der Waals surface area contributed by atoms with Crippen LogP contribution in [0, 0.1) is 5.41 Å². The average Bonchev–Trinajstić information content (AvgIpc) is 2.34. The number of hydrogen-bond donors (Lipinski definition) is 1. The number of nitrogens with two attached hydrogens (primary N) is 1. The van der Waals surface area contributed by atoms with E-state index in [2.05, 4.69) is 0 Å². The minimum Gasteiger partial charge on any atom is -0.337 e. The SMILES string of the molecule is CCN(Cc1ccccc1)C(=O)[C@@H](N)C(C)(C)C.Cl. The van der Waals surface area contributed by atoms with Gasteiger partial charge in [-0.1, -0.05) is 51.1 Å². The number of rotatable bonds is 4. The second-order valence-electron chi connectivity index (χ2n) is 5.68. The molecule has 0 unspecified atom stereocenters. The van der Waals surface area contributed by atoms with Crippen LogP contribution in [0.15, 0.2) is 30.3 Å². The molecule has 1 rings (SSSR count). The lowest BCUT2D eigenvalue weighted by atomic mass is 9.86. The minimum absolute atomic E-state index is 0. The molecule has 1 aromatic rings. The van der Waals surface area contributed by atoms with Gasteiger partial charge in [-0.3, -0.25) is 4.79 Å². The first kappa shape index (κ1) is 17.9. The molecule has 0 spiro atoms. The molecule has 0 saturated heterocycles. The number of halogens is 1. The molecule has 108 valence electrons. The van der Waals surface area contributed by atoms with Crippen molar-refractivity contribution in [3.8, 4) is 0 Å². The number of carbonyl (C=O) groups is 1. The highest BCUT2D eigenvalue weighted by molar-refractivity contribution is 5.85. The number of hydrogen-bond acceptors (Lipinski definition) is 2. The van der Waals surface area contributed by atoms with Crippen LogP contribution in [0.3, 0.4) is 0 Å². The third kappa shape index (κ3) is 5.21. The first-order valence-corrected chi connectivity index (χ1v) is 6.44. The summed E-state index contributed by atoms with van der Waals surface area (Å²) in [5.41, 5.74) is 6.96. The van der Waals surface area contributed by atoms with Crippen molar-refractivity contribution in [2.75, 3.05) is 6.54 Å². The fourth-order valence-corrected chi connectivity index (χ4v) is 1.72. The molecule has 0 aliphatic heterocycles. The monoisotopic (exact) mass is 284 g/mol. The van der Waals surface area contributed by atoms with E-state index < -0.39 is 6.04 Å². The maximum absolute atomic E-state index is 12.3. The van der Waals surface area contributed by atoms with Gasteiger partial charge in [0.15, 0.2) is 0 Å². The van der Waals surface area contributed by atoms with E-state index in [-0.39, 0.29) is 23.7 Å². The van der Waals surface area contributed by atoms with Gasteiger partial charge in [-0.15, -0.1) is 12.4 Å². The first-order valence-electron chi connectivity index (χ1n) is 6.44. The van der Waals surface area contributed by atoms with Crippen LogP contribution in [0.25, 0.3) is 0 Å². The van der Waals surface area contributed by atoms with E-state index in [0.717, 1.165) is 5.56 Å². The summed E-state index contributed by atoms with van der Waals surface area (Å²) in [5, 5.41) is 0. The van der Waals surface area contributed by atoms with Crippen molar-refractivity contribution in [2.24, 2.45) is 11.1 Å². The van der Waals surface area contributed by atoms with E-state index in [4.69, 9.17) is 5.73 Å². The topological polar surface area (TPSA) is 46.3 Å². The van der Waals surface area contributed by atoms with E-state index in [1.165, 1.54) is 0 Å². The van der Waals surface area contributed by atoms with Crippen LogP contribution in [0.1, 0.15) is 33.3 Å². The highest BCUT2D eigenvalue weighted by Gasteiger charge is 2.30. The van der Waals surface area contributed by atoms with Crippen molar-refractivity contribution in [2.45, 2.75) is 40.3 Å². The van der Waals surface area contributed by atoms with Gasteiger partial charge in [-0.25, -0.2) is 0 Å². The van der Waals surface area contributed by atoms with Crippen LogP contribution in [-0.4, -0.2) is 23.4 Å². The van der Waals surface area contributed by atoms with E-state index in [0.29, 0.717) is 13.1 Å². The Morgan fingerprint density at radius 2 is 1.79 bits per heavy atom. The molecule has 0 aromatic heterocycles. The highest BCUT2D eigenvalue weighted by Crippen LogP contribution is 2.19. The van der Waals surface area contributed by atoms with Gasteiger partial charge < -0.3 is 10.6 Å². The highest BCUT2D eigenvalue weighted by atomic mass is 35.5. The summed E-state index contributed by atoms with van der Waals surface area (Å²) in [6.45, 7) is 9.26. The van der Waals surface area contributed by atoms with Gasteiger partial charge in [0.1, 0.15) is 0 Å². The fraction of sp³-hybridized carbons (Fsp3) is 0.533. The summed E-state index contributed by atoms with van der Waals surface area (Å²) in [6, 6.07) is 9.54. The second kappa shape index (κ2) is 7.51. The molecule has 2 N–H and O–H groups in total. The van der Waals surface area contributed by atoms with Crippen molar-refractivity contribution in [1.29, 1.82) is 0 Å². The Balaban J connectivity index is 0.00000324. The lowest BCUT2D eigenvalue weighted by Crippen LogP contribution is -2.50. The van der Waals surface area contributed by atoms with E-state index in [1.807, 2.05) is 62.9 Å². The van der Waals surface area contributed by atoms with Crippen molar-refractivity contribution in [1.82, 2.24) is 4.90 Å². The maximum Gasteiger partial charge on any atom is 0.240 e. The molecule has 0 heterocycles. The number of carbonyl (C=O) groups excluding carboxylic acids is 1. The van der Waals surface area contributed by atoms with Gasteiger partial charge in [0.05, 0.1) is 6.04 Å². The Hall–Kier alpha value is -1.06. The first-order chi connectivity index (χ1) is 8.36. The number of nitrogens with zero attached hydrogens (tertiary/aromatic N) is 1. The predicted octanol–water partition coefficient (Wildman–Crippen LogP) is 2.83. The van der Waals surface area contributed by atoms with Gasteiger partial charge >= 0.3 is 0 Å². The molecular weight excluding hydrogens is 260 g/mol. The molecule has 0 fully saturated rings. The zero-order valence-electron chi connectivity index (χ0n) is 12.2. The lowest BCUT2D eigenvalue weighted by Gasteiger charge is -2.31. The molecule has 4 heteroatoms. The Bertz CT molecular complexity index is 387. The molecule has 0 bridgehead atoms. The molecular formula is C15H25ClN2O. The Labute approximate surface area is 122 Å². The molecule has 1 atom stereocenters. The summed E-state index contributed by atoms with van der Waals surface area (Å²) in [5.74, 6) is 0.0221. The van der Waals surface area contributed by atoms with Crippen molar-refractivity contribution >= 4 is 18.3 Å². The van der Waals surface area contributed by atoms with Crippen LogP contribution >= 0.6 is 12.4 Å². The second-order valence-corrected chi connectivity index (χ2v) is 5.68. The van der Waals surface area contributed by atoms with E-state index in [1.54, 1.807) is 0 Å². The molecule has 0 aliphatic carbocycles. The van der Waals surface area contributed by atoms with Crippen LogP contribution in [0.5, 0.6) is 0 Å². The van der Waals surface area contributed by atoms with E-state index in [9.17, 15) is 4.79 Å². The molecule has 0 radical (unpaired) electrons. The maximum atomic E-state index is 12.3. The zero-order valence-corrected chi connectivity index (χ0v) is 13.0. The quantitative estimate of drug-likeness (QED) is 0.924. The number of likely N-dealkylation sites (N-methyl/N-ethyl adjacent to an activating group) is 1. The number of benzene rings is 1.